The van der Waals surface area contributed by atoms with Crippen LogP contribution >= 0.6 is 0 Å². The van der Waals surface area contributed by atoms with Crippen LogP contribution in [0.1, 0.15) is 74.7 Å². The van der Waals surface area contributed by atoms with Crippen LogP contribution in [-0.4, -0.2) is 94.0 Å². The summed E-state index contributed by atoms with van der Waals surface area (Å²) in [5.74, 6) is -5.50. The normalized spacial score (nSPS) is 44.7. The second-order valence-electron chi connectivity index (χ2n) is 12.5. The van der Waals surface area contributed by atoms with Crippen molar-refractivity contribution in [2.24, 2.45) is 17.3 Å². The van der Waals surface area contributed by atoms with Crippen molar-refractivity contribution < 1.29 is 62.6 Å². The summed E-state index contributed by atoms with van der Waals surface area (Å²) in [6, 6.07) is 0. The highest BCUT2D eigenvalue weighted by atomic mass is 16.7. The molecule has 3 fully saturated rings. The van der Waals surface area contributed by atoms with Crippen molar-refractivity contribution in [2.45, 2.75) is 129 Å². The largest absolute Gasteiger partial charge is 0.459 e. The average Bonchev–Trinajstić information content (AvgIpc) is 3.48. The summed E-state index contributed by atoms with van der Waals surface area (Å²) < 4.78 is 35.4. The lowest BCUT2D eigenvalue weighted by atomic mass is 9.53. The lowest BCUT2D eigenvalue weighted by Crippen LogP contribution is -2.68. The quantitative estimate of drug-likeness (QED) is 0.190. The van der Waals surface area contributed by atoms with Gasteiger partial charge in [0.15, 0.2) is 35.6 Å². The zero-order valence-electron chi connectivity index (χ0n) is 25.8. The molecule has 43 heavy (non-hydrogen) atoms. The first-order valence-electron chi connectivity index (χ1n) is 14.6. The standard InChI is InChI=1S/C30H42O13/c1-9-10-21(36)42-24-23(38-15(4)31)13(2)11-20-30(29(8,43-30)27(37)41-20)25(39-16(5)32)22-14(3)18(34)12-19(35)28(22,7)26(24)40-17(6)33/h11,14,18-20,22-26,34-35H,9-10,12H2,1-8H3/b13-11-/t14-,18-,19-,20-,22+,23-,24-,25-,26-,28-,29-,30-/m1/s1. The van der Waals surface area contributed by atoms with Crippen molar-refractivity contribution in [1.82, 2.24) is 0 Å². The molecule has 240 valence electrons. The number of esters is 5. The maximum absolute atomic E-state index is 13.2. The number of fused-ring (bicyclic) bond motifs is 1. The van der Waals surface area contributed by atoms with Crippen LogP contribution in [0.4, 0.5) is 0 Å². The number of carbonyl (C=O) groups excluding carboxylic acids is 5. The van der Waals surface area contributed by atoms with Crippen molar-refractivity contribution in [1.29, 1.82) is 0 Å². The molecule has 13 nitrogen and oxygen atoms in total. The molecule has 2 N–H and O–H groups in total. The van der Waals surface area contributed by atoms with Gasteiger partial charge in [0.1, 0.15) is 6.10 Å². The van der Waals surface area contributed by atoms with Crippen molar-refractivity contribution in [2.75, 3.05) is 0 Å². The van der Waals surface area contributed by atoms with E-state index in [4.69, 9.17) is 28.4 Å². The van der Waals surface area contributed by atoms with Gasteiger partial charge in [-0.25, -0.2) is 4.79 Å². The van der Waals surface area contributed by atoms with E-state index >= 15 is 0 Å². The minimum absolute atomic E-state index is 0.0116. The molecule has 2 saturated heterocycles. The van der Waals surface area contributed by atoms with Crippen LogP contribution in [-0.2, 0) is 52.4 Å². The van der Waals surface area contributed by atoms with Crippen molar-refractivity contribution in [3.8, 4) is 0 Å². The Hall–Kier alpha value is -3.03. The van der Waals surface area contributed by atoms with E-state index < -0.39 is 101 Å². The van der Waals surface area contributed by atoms with Crippen LogP contribution < -0.4 is 0 Å². The highest BCUT2D eigenvalue weighted by molar-refractivity contribution is 5.89. The molecule has 0 bridgehead atoms. The van der Waals surface area contributed by atoms with Gasteiger partial charge in [-0.2, -0.15) is 0 Å². The topological polar surface area (TPSA) is 184 Å². The van der Waals surface area contributed by atoms with E-state index in [9.17, 15) is 34.2 Å². The smallest absolute Gasteiger partial charge is 0.342 e. The Labute approximate surface area is 250 Å². The van der Waals surface area contributed by atoms with E-state index in [0.29, 0.717) is 6.42 Å². The zero-order valence-corrected chi connectivity index (χ0v) is 25.8. The molecule has 2 aliphatic carbocycles. The third-order valence-corrected chi connectivity index (χ3v) is 9.62. The van der Waals surface area contributed by atoms with Gasteiger partial charge in [-0.3, -0.25) is 19.2 Å². The SMILES string of the molecule is CCCC(=O)O[C@@H]1[C@H](OC(C)=O)/C(C)=C\[C@H]2OC(=O)[C@@]3(C)O[C@@]23[C@H](OC(C)=O)[C@@H]2[C@H](C)[C@H](O)C[C@@H](O)[C@@]2(C)[C@@H]1OC(C)=O. The van der Waals surface area contributed by atoms with Crippen LogP contribution in [0.15, 0.2) is 11.6 Å². The summed E-state index contributed by atoms with van der Waals surface area (Å²) in [4.78, 5) is 64.1. The van der Waals surface area contributed by atoms with E-state index in [1.165, 1.54) is 19.9 Å². The highest BCUT2D eigenvalue weighted by Crippen LogP contribution is 2.65. The molecular formula is C30H42O13. The number of hydrogen-bond donors (Lipinski definition) is 2. The fourth-order valence-corrected chi connectivity index (χ4v) is 7.48. The molecule has 0 aromatic rings. The van der Waals surface area contributed by atoms with Crippen LogP contribution in [0.25, 0.3) is 0 Å². The Kier molecular flexibility index (Phi) is 8.77. The molecule has 0 amide bonds. The number of ether oxygens (including phenoxy) is 6. The summed E-state index contributed by atoms with van der Waals surface area (Å²) in [5.41, 5.74) is -4.56. The molecule has 0 radical (unpaired) electrons. The molecule has 4 rings (SSSR count). The summed E-state index contributed by atoms with van der Waals surface area (Å²) in [6.07, 6.45) is -7.68. The molecule has 0 aromatic carbocycles. The third-order valence-electron chi connectivity index (χ3n) is 9.62. The summed E-state index contributed by atoms with van der Waals surface area (Å²) in [5, 5.41) is 23.0. The van der Waals surface area contributed by atoms with E-state index in [1.54, 1.807) is 27.7 Å². The van der Waals surface area contributed by atoms with E-state index in [1.807, 2.05) is 0 Å². The van der Waals surface area contributed by atoms with Gasteiger partial charge < -0.3 is 38.6 Å². The minimum atomic E-state index is -1.64. The average molecular weight is 611 g/mol. The molecule has 2 aliphatic heterocycles. The van der Waals surface area contributed by atoms with Gasteiger partial charge in [0.05, 0.1) is 12.2 Å². The molecule has 12 atom stereocenters. The number of hydrogen-bond acceptors (Lipinski definition) is 13. The molecule has 0 aromatic heterocycles. The van der Waals surface area contributed by atoms with E-state index in [2.05, 4.69) is 0 Å². The molecule has 1 saturated carbocycles. The number of carbonyl (C=O) groups is 5. The van der Waals surface area contributed by atoms with Crippen LogP contribution in [0.5, 0.6) is 0 Å². The van der Waals surface area contributed by atoms with Gasteiger partial charge >= 0.3 is 29.8 Å². The number of rotatable bonds is 6. The van der Waals surface area contributed by atoms with Gasteiger partial charge in [-0.05, 0) is 37.8 Å². The predicted molar refractivity (Wildman–Crippen MR) is 145 cm³/mol. The predicted octanol–water partition coefficient (Wildman–Crippen LogP) is 1.29. The van der Waals surface area contributed by atoms with Gasteiger partial charge in [0.2, 0.25) is 0 Å². The fourth-order valence-electron chi connectivity index (χ4n) is 7.48. The first-order chi connectivity index (χ1) is 19.9. The van der Waals surface area contributed by atoms with Gasteiger partial charge in [-0.15, -0.1) is 0 Å². The van der Waals surface area contributed by atoms with Gasteiger partial charge in [0.25, 0.3) is 0 Å². The first-order valence-corrected chi connectivity index (χ1v) is 14.6. The van der Waals surface area contributed by atoms with Crippen molar-refractivity contribution in [3.05, 3.63) is 11.6 Å². The highest BCUT2D eigenvalue weighted by Gasteiger charge is 2.87. The Morgan fingerprint density at radius 1 is 0.977 bits per heavy atom. The number of epoxide rings is 1. The maximum Gasteiger partial charge on any atom is 0.342 e. The first kappa shape index (κ1) is 32.9. The van der Waals surface area contributed by atoms with E-state index in [0.717, 1.165) is 13.8 Å². The van der Waals surface area contributed by atoms with Crippen molar-refractivity contribution in [3.63, 3.8) is 0 Å². The summed E-state index contributed by atoms with van der Waals surface area (Å²) in [6.45, 7) is 11.6. The van der Waals surface area contributed by atoms with Crippen molar-refractivity contribution >= 4 is 29.8 Å². The second kappa shape index (κ2) is 11.5. The summed E-state index contributed by atoms with van der Waals surface area (Å²) >= 11 is 0. The summed E-state index contributed by atoms with van der Waals surface area (Å²) in [7, 11) is 0. The van der Waals surface area contributed by atoms with Gasteiger partial charge in [0, 0.05) is 44.9 Å². The minimum Gasteiger partial charge on any atom is -0.459 e. The molecule has 2 heterocycles. The molecule has 1 spiro atoms. The Morgan fingerprint density at radius 3 is 2.09 bits per heavy atom. The Balaban J connectivity index is 2.09. The van der Waals surface area contributed by atoms with Crippen LogP contribution in [0.2, 0.25) is 0 Å². The molecular weight excluding hydrogens is 568 g/mol. The van der Waals surface area contributed by atoms with Crippen LogP contribution in [0.3, 0.4) is 0 Å². The van der Waals surface area contributed by atoms with Gasteiger partial charge in [-0.1, -0.05) is 20.8 Å². The molecule has 4 aliphatic rings. The monoisotopic (exact) mass is 610 g/mol. The number of aliphatic hydroxyl groups is 2. The second-order valence-corrected chi connectivity index (χ2v) is 12.5. The molecule has 13 heteroatoms. The third kappa shape index (κ3) is 5.22. The lowest BCUT2D eigenvalue weighted by Gasteiger charge is -2.57. The molecule has 0 unspecified atom stereocenters. The Bertz CT molecular complexity index is 1210. The van der Waals surface area contributed by atoms with E-state index in [-0.39, 0.29) is 18.4 Å². The maximum atomic E-state index is 13.2. The Morgan fingerprint density at radius 2 is 1.56 bits per heavy atom. The van der Waals surface area contributed by atoms with Crippen LogP contribution in [0, 0.1) is 17.3 Å². The lowest BCUT2D eigenvalue weighted by molar-refractivity contribution is -0.247. The number of aliphatic hydroxyl groups excluding tert-OH is 2. The fraction of sp³-hybridized carbons (Fsp3) is 0.767. The zero-order chi connectivity index (χ0) is 32.2.